The molecular formula is C32H35N4O5P. The van der Waals surface area contributed by atoms with Crippen molar-refractivity contribution in [3.8, 4) is 6.07 Å². The molecule has 1 N–H and O–H groups in total. The number of H-pyrrole nitrogens is 1. The Labute approximate surface area is 247 Å². The van der Waals surface area contributed by atoms with Crippen LogP contribution in [0.3, 0.4) is 0 Å². The molecule has 1 saturated heterocycles. The predicted molar refractivity (Wildman–Crippen MR) is 163 cm³/mol. The molecule has 1 aliphatic heterocycles. The van der Waals surface area contributed by atoms with Gasteiger partial charge >= 0.3 is 8.60 Å². The van der Waals surface area contributed by atoms with E-state index in [1.165, 1.54) is 0 Å². The Morgan fingerprint density at radius 1 is 1.05 bits per heavy atom. The minimum atomic E-state index is -1.74. The predicted octanol–water partition coefficient (Wildman–Crippen LogP) is 6.54. The molecule has 1 unspecified atom stereocenters. The number of fused-ring (bicyclic) bond motifs is 1. The van der Waals surface area contributed by atoms with Crippen LogP contribution in [0.5, 0.6) is 0 Å². The van der Waals surface area contributed by atoms with Gasteiger partial charge in [-0.15, -0.1) is 0 Å². The van der Waals surface area contributed by atoms with E-state index >= 15 is 0 Å². The first-order valence-electron chi connectivity index (χ1n) is 14.0. The number of ether oxygens (including phenoxy) is 1. The number of rotatable bonds is 11. The molecule has 2 aromatic carbocycles. The van der Waals surface area contributed by atoms with Gasteiger partial charge in [-0.2, -0.15) is 5.26 Å². The van der Waals surface area contributed by atoms with E-state index in [4.69, 9.17) is 18.3 Å². The lowest BCUT2D eigenvalue weighted by Gasteiger charge is -2.40. The fourth-order valence-corrected chi connectivity index (χ4v) is 6.01. The molecule has 10 heteroatoms. The van der Waals surface area contributed by atoms with Gasteiger partial charge in [0.15, 0.2) is 0 Å². The molecule has 0 saturated carbocycles. The van der Waals surface area contributed by atoms with Crippen molar-refractivity contribution in [2.75, 3.05) is 25.1 Å². The summed E-state index contributed by atoms with van der Waals surface area (Å²) in [6.45, 7) is 5.98. The molecule has 4 aromatic rings. The highest BCUT2D eigenvalue weighted by atomic mass is 31.2. The molecule has 2 aromatic heterocycles. The Bertz CT molecular complexity index is 1540. The summed E-state index contributed by atoms with van der Waals surface area (Å²) >= 11 is 0. The fourth-order valence-electron chi connectivity index (χ4n) is 4.94. The molecule has 1 aliphatic rings. The first-order valence-corrected chi connectivity index (χ1v) is 15.1. The van der Waals surface area contributed by atoms with Gasteiger partial charge < -0.3 is 28.2 Å². The number of anilines is 1. The Hall–Kier alpha value is -3.64. The Morgan fingerprint density at radius 2 is 1.64 bits per heavy atom. The Kier molecular flexibility index (Phi) is 9.63. The van der Waals surface area contributed by atoms with E-state index in [1.54, 1.807) is 13.3 Å². The zero-order valence-corrected chi connectivity index (χ0v) is 25.0. The monoisotopic (exact) mass is 586 g/mol. The van der Waals surface area contributed by atoms with Crippen LogP contribution in [0.15, 0.2) is 77.7 Å². The summed E-state index contributed by atoms with van der Waals surface area (Å²) in [5.74, 6) is 0. The number of nitriles is 1. The quantitative estimate of drug-likeness (QED) is 0.197. The number of nitrogens with one attached hydrogen (secondary N) is 1. The molecule has 0 radical (unpaired) electrons. The second-order valence-electron chi connectivity index (χ2n) is 10.6. The van der Waals surface area contributed by atoms with Gasteiger partial charge in [-0.1, -0.05) is 60.7 Å². The number of piperidine rings is 1. The van der Waals surface area contributed by atoms with Crippen molar-refractivity contribution in [1.29, 1.82) is 5.26 Å². The average Bonchev–Trinajstić information content (AvgIpc) is 3.03. The number of hydrogen-bond donors (Lipinski definition) is 1. The molecule has 0 bridgehead atoms. The molecular weight excluding hydrogens is 551 g/mol. The maximum atomic E-state index is 12.8. The topological polar surface area (TPSA) is 110 Å². The molecule has 0 amide bonds. The molecule has 42 heavy (non-hydrogen) atoms. The molecule has 9 nitrogen and oxygen atoms in total. The van der Waals surface area contributed by atoms with E-state index in [9.17, 15) is 10.1 Å². The lowest BCUT2D eigenvalue weighted by atomic mass is 9.92. The second kappa shape index (κ2) is 13.6. The van der Waals surface area contributed by atoms with Gasteiger partial charge in [-0.05, 0) is 43.9 Å². The summed E-state index contributed by atoms with van der Waals surface area (Å²) in [6, 6.07) is 23.7. The van der Waals surface area contributed by atoms with Crippen LogP contribution in [0, 0.1) is 11.3 Å². The minimum absolute atomic E-state index is 0.0916. The lowest BCUT2D eigenvalue weighted by molar-refractivity contribution is -0.0132. The van der Waals surface area contributed by atoms with Crippen molar-refractivity contribution in [1.82, 2.24) is 9.97 Å². The summed E-state index contributed by atoms with van der Waals surface area (Å²) in [5, 5.41) is 10.7. The van der Waals surface area contributed by atoms with Gasteiger partial charge in [0.1, 0.15) is 17.7 Å². The third-order valence-electron chi connectivity index (χ3n) is 7.65. The van der Waals surface area contributed by atoms with Crippen LogP contribution >= 0.6 is 8.60 Å². The number of hydrogen-bond acceptors (Lipinski definition) is 8. The van der Waals surface area contributed by atoms with Crippen LogP contribution in [-0.4, -0.2) is 35.8 Å². The van der Waals surface area contributed by atoms with Crippen molar-refractivity contribution < 1.29 is 18.3 Å². The summed E-state index contributed by atoms with van der Waals surface area (Å²) in [6.07, 6.45) is 2.69. The standard InChI is InChI=1S/C32H35N4O5P/c1-23(41-42(39-21-24-10-6-4-7-11-24)40-22-25-12-8-5-9-13-25)28-18-26-29(20-34-28)35-31(37)27(19-33)30(26)36-16-14-32(2,38-3)15-17-36/h4-13,18,20,23H,14-17,21-22H2,1-3H3,(H,35,37). The van der Waals surface area contributed by atoms with Crippen LogP contribution in [0.2, 0.25) is 0 Å². The smallest absolute Gasteiger partial charge is 0.333 e. The number of methoxy groups -OCH3 is 1. The van der Waals surface area contributed by atoms with Crippen LogP contribution in [0.4, 0.5) is 5.69 Å². The van der Waals surface area contributed by atoms with Gasteiger partial charge in [0.05, 0.1) is 41.9 Å². The van der Waals surface area contributed by atoms with Crippen molar-refractivity contribution in [2.45, 2.75) is 51.6 Å². The highest BCUT2D eigenvalue weighted by Gasteiger charge is 2.32. The summed E-state index contributed by atoms with van der Waals surface area (Å²) in [7, 11) is -0.0133. The number of benzene rings is 2. The van der Waals surface area contributed by atoms with Crippen LogP contribution in [-0.2, 0) is 31.5 Å². The maximum absolute atomic E-state index is 12.8. The molecule has 3 heterocycles. The second-order valence-corrected chi connectivity index (χ2v) is 11.7. The molecule has 5 rings (SSSR count). The zero-order valence-electron chi connectivity index (χ0n) is 24.1. The van der Waals surface area contributed by atoms with E-state index in [0.29, 0.717) is 43.2 Å². The van der Waals surface area contributed by atoms with Gasteiger partial charge in [0, 0.05) is 25.6 Å². The fraction of sp³-hybridized carbons (Fsp3) is 0.344. The van der Waals surface area contributed by atoms with Gasteiger partial charge in [-0.25, -0.2) is 0 Å². The molecule has 1 atom stereocenters. The van der Waals surface area contributed by atoms with Gasteiger partial charge in [0.2, 0.25) is 0 Å². The van der Waals surface area contributed by atoms with E-state index in [0.717, 1.165) is 29.4 Å². The highest BCUT2D eigenvalue weighted by molar-refractivity contribution is 7.41. The van der Waals surface area contributed by atoms with Crippen LogP contribution in [0.1, 0.15) is 55.2 Å². The summed E-state index contributed by atoms with van der Waals surface area (Å²) in [4.78, 5) is 22.4. The highest BCUT2D eigenvalue weighted by Crippen LogP contribution is 2.46. The summed E-state index contributed by atoms with van der Waals surface area (Å²) in [5.41, 5.74) is 3.28. The normalized spacial score (nSPS) is 15.5. The van der Waals surface area contributed by atoms with E-state index in [-0.39, 0.29) is 11.2 Å². The number of aromatic amines is 1. The Balaban J connectivity index is 1.41. The van der Waals surface area contributed by atoms with Crippen molar-refractivity contribution >= 4 is 25.2 Å². The number of nitrogens with zero attached hydrogens (tertiary/aromatic N) is 3. The Morgan fingerprint density at radius 3 is 2.19 bits per heavy atom. The van der Waals surface area contributed by atoms with Gasteiger partial charge in [-0.3, -0.25) is 9.78 Å². The first kappa shape index (κ1) is 29.8. The molecule has 1 fully saturated rings. The van der Waals surface area contributed by atoms with E-state index < -0.39 is 20.3 Å². The average molecular weight is 587 g/mol. The maximum Gasteiger partial charge on any atom is 0.333 e. The summed E-state index contributed by atoms with van der Waals surface area (Å²) < 4.78 is 24.3. The molecule has 0 spiro atoms. The third-order valence-corrected chi connectivity index (χ3v) is 8.82. The van der Waals surface area contributed by atoms with Crippen molar-refractivity contribution in [2.24, 2.45) is 0 Å². The third kappa shape index (κ3) is 7.04. The van der Waals surface area contributed by atoms with Gasteiger partial charge in [0.25, 0.3) is 5.56 Å². The zero-order chi connectivity index (χ0) is 29.5. The number of pyridine rings is 2. The SMILES string of the molecule is COC1(C)CCN(c2c(C#N)c(=O)[nH]c3cnc(C(C)OP(OCc4ccccc4)OCc4ccccc4)cc23)CC1. The molecule has 0 aliphatic carbocycles. The van der Waals surface area contributed by atoms with Crippen molar-refractivity contribution in [3.63, 3.8) is 0 Å². The molecule has 218 valence electrons. The van der Waals surface area contributed by atoms with E-state index in [1.807, 2.05) is 73.7 Å². The van der Waals surface area contributed by atoms with E-state index in [2.05, 4.69) is 27.9 Å². The van der Waals surface area contributed by atoms with Crippen molar-refractivity contribution in [3.05, 3.63) is 106 Å². The lowest BCUT2D eigenvalue weighted by Crippen LogP contribution is -2.44. The van der Waals surface area contributed by atoms with Crippen LogP contribution in [0.25, 0.3) is 10.9 Å². The largest absolute Gasteiger partial charge is 0.378 e. The van der Waals surface area contributed by atoms with Crippen LogP contribution < -0.4 is 10.5 Å². The first-order chi connectivity index (χ1) is 20.4. The minimum Gasteiger partial charge on any atom is -0.378 e. The number of aromatic nitrogens is 2.